The Balaban J connectivity index is 1.67. The molecule has 0 aromatic heterocycles. The number of hydrogen-bond donors (Lipinski definition) is 1. The number of allylic oxidation sites excluding steroid dienone is 1. The van der Waals surface area contributed by atoms with Crippen molar-refractivity contribution >= 4 is 17.5 Å². The normalized spacial score (nSPS) is 14.9. The number of hydrogen-bond acceptors (Lipinski definition) is 4. The van der Waals surface area contributed by atoms with E-state index >= 15 is 0 Å². The van der Waals surface area contributed by atoms with Crippen LogP contribution in [-0.4, -0.2) is 49.0 Å². The van der Waals surface area contributed by atoms with Crippen molar-refractivity contribution in [1.82, 2.24) is 4.90 Å². The first kappa shape index (κ1) is 19.9. The molecule has 4 heteroatoms. The van der Waals surface area contributed by atoms with Gasteiger partial charge in [-0.25, -0.2) is 0 Å². The first-order valence-electron chi connectivity index (χ1n) is 10.2. The lowest BCUT2D eigenvalue weighted by Gasteiger charge is -2.34. The molecule has 0 saturated carbocycles. The number of rotatable bonds is 5. The van der Waals surface area contributed by atoms with Gasteiger partial charge in [0.25, 0.3) is 0 Å². The Kier molecular flexibility index (Phi) is 5.96. The van der Waals surface area contributed by atoms with Gasteiger partial charge in [-0.05, 0) is 54.1 Å². The second-order valence-corrected chi connectivity index (χ2v) is 7.68. The first-order chi connectivity index (χ1) is 14.6. The third-order valence-corrected chi connectivity index (χ3v) is 5.54. The predicted octanol–water partition coefficient (Wildman–Crippen LogP) is 4.71. The van der Waals surface area contributed by atoms with E-state index in [4.69, 9.17) is 0 Å². The van der Waals surface area contributed by atoms with Crippen LogP contribution < -0.4 is 4.90 Å². The number of ketones is 1. The average Bonchev–Trinajstić information content (AvgIpc) is 2.79. The minimum absolute atomic E-state index is 0.0297. The highest BCUT2D eigenvalue weighted by atomic mass is 16.3. The second kappa shape index (κ2) is 8.97. The quantitative estimate of drug-likeness (QED) is 0.499. The van der Waals surface area contributed by atoms with Crippen LogP contribution in [0.15, 0.2) is 78.9 Å². The van der Waals surface area contributed by atoms with Crippen molar-refractivity contribution in [2.75, 3.05) is 38.1 Å². The summed E-state index contributed by atoms with van der Waals surface area (Å²) >= 11 is 0. The van der Waals surface area contributed by atoms with Crippen LogP contribution in [-0.2, 0) is 0 Å². The third-order valence-electron chi connectivity index (χ3n) is 5.54. The van der Waals surface area contributed by atoms with Crippen LogP contribution in [0, 0.1) is 0 Å². The van der Waals surface area contributed by atoms with E-state index in [0.717, 1.165) is 48.6 Å². The molecule has 0 aliphatic carbocycles. The number of piperazine rings is 1. The molecule has 0 radical (unpaired) electrons. The van der Waals surface area contributed by atoms with Crippen molar-refractivity contribution in [3.05, 3.63) is 90.0 Å². The van der Waals surface area contributed by atoms with Crippen molar-refractivity contribution in [1.29, 1.82) is 0 Å². The number of carbonyl (C=O) groups is 1. The lowest BCUT2D eigenvalue weighted by Crippen LogP contribution is -2.44. The van der Waals surface area contributed by atoms with Gasteiger partial charge in [-0.3, -0.25) is 4.79 Å². The Morgan fingerprint density at radius 1 is 0.900 bits per heavy atom. The zero-order valence-corrected chi connectivity index (χ0v) is 17.2. The molecule has 1 aliphatic heterocycles. The minimum Gasteiger partial charge on any atom is -0.508 e. The van der Waals surface area contributed by atoms with Crippen LogP contribution in [0.1, 0.15) is 15.9 Å². The molecule has 0 amide bonds. The number of likely N-dealkylation sites (N-methyl/N-ethyl adjacent to an activating group) is 1. The number of nitrogens with zero attached hydrogens (tertiary/aromatic N) is 2. The minimum atomic E-state index is -0.0297. The summed E-state index contributed by atoms with van der Waals surface area (Å²) in [7, 11) is 2.14. The monoisotopic (exact) mass is 398 g/mol. The molecule has 4 nitrogen and oxygen atoms in total. The van der Waals surface area contributed by atoms with Gasteiger partial charge in [-0.2, -0.15) is 0 Å². The largest absolute Gasteiger partial charge is 0.508 e. The van der Waals surface area contributed by atoms with Gasteiger partial charge in [0.1, 0.15) is 5.75 Å². The molecule has 0 atom stereocenters. The molecule has 1 fully saturated rings. The molecule has 4 rings (SSSR count). The first-order valence-corrected chi connectivity index (χ1v) is 10.2. The molecule has 0 unspecified atom stereocenters. The SMILES string of the molecule is CN1CCN(c2ccc(-c3ccccc3)c(C(=O)/C=C/c3ccc(O)cc3)c2)CC1. The second-order valence-electron chi connectivity index (χ2n) is 7.68. The summed E-state index contributed by atoms with van der Waals surface area (Å²) in [5.41, 5.74) is 4.63. The van der Waals surface area contributed by atoms with Crippen LogP contribution >= 0.6 is 0 Å². The van der Waals surface area contributed by atoms with Crippen molar-refractivity contribution in [2.24, 2.45) is 0 Å². The van der Waals surface area contributed by atoms with Crippen molar-refractivity contribution in [3.63, 3.8) is 0 Å². The van der Waals surface area contributed by atoms with E-state index < -0.39 is 0 Å². The standard InChI is InChI=1S/C26H26N2O2/c1-27-15-17-28(18-16-27)22-10-13-24(21-5-3-2-4-6-21)25(19-22)26(30)14-9-20-7-11-23(29)12-8-20/h2-14,19,29H,15-18H2,1H3/b14-9+. The molecule has 1 heterocycles. The van der Waals surface area contributed by atoms with Crippen LogP contribution in [0.3, 0.4) is 0 Å². The zero-order valence-electron chi connectivity index (χ0n) is 17.2. The number of benzene rings is 3. The summed E-state index contributed by atoms with van der Waals surface area (Å²) < 4.78 is 0. The smallest absolute Gasteiger partial charge is 0.186 e. The molecule has 30 heavy (non-hydrogen) atoms. The Bertz CT molecular complexity index is 1030. The summed E-state index contributed by atoms with van der Waals surface area (Å²) in [6.07, 6.45) is 3.40. The van der Waals surface area contributed by atoms with Gasteiger partial charge >= 0.3 is 0 Å². The van der Waals surface area contributed by atoms with Gasteiger partial charge in [-0.1, -0.05) is 54.6 Å². The van der Waals surface area contributed by atoms with Crippen LogP contribution in [0.2, 0.25) is 0 Å². The lowest BCUT2D eigenvalue weighted by atomic mass is 9.95. The fourth-order valence-electron chi connectivity index (χ4n) is 3.71. The molecule has 3 aromatic rings. The van der Waals surface area contributed by atoms with Crippen LogP contribution in [0.25, 0.3) is 17.2 Å². The van der Waals surface area contributed by atoms with Crippen LogP contribution in [0.4, 0.5) is 5.69 Å². The van der Waals surface area contributed by atoms with Crippen LogP contribution in [0.5, 0.6) is 5.75 Å². The fourth-order valence-corrected chi connectivity index (χ4v) is 3.71. The zero-order chi connectivity index (χ0) is 20.9. The van der Waals surface area contributed by atoms with Crippen molar-refractivity contribution in [3.8, 4) is 16.9 Å². The summed E-state index contributed by atoms with van der Waals surface area (Å²) in [5.74, 6) is 0.183. The number of phenols is 1. The maximum Gasteiger partial charge on any atom is 0.186 e. The molecule has 0 bridgehead atoms. The fraction of sp³-hybridized carbons (Fsp3) is 0.192. The number of anilines is 1. The third kappa shape index (κ3) is 4.61. The molecule has 1 saturated heterocycles. The summed E-state index contributed by atoms with van der Waals surface area (Å²) in [6, 6.07) is 23.0. The highest BCUT2D eigenvalue weighted by Crippen LogP contribution is 2.29. The lowest BCUT2D eigenvalue weighted by molar-refractivity contribution is 0.104. The van der Waals surface area contributed by atoms with E-state index in [0.29, 0.717) is 5.56 Å². The Hall–Kier alpha value is -3.37. The maximum atomic E-state index is 13.2. The van der Waals surface area contributed by atoms with E-state index in [9.17, 15) is 9.90 Å². The molecule has 1 aliphatic rings. The average molecular weight is 399 g/mol. The number of phenolic OH excluding ortho intramolecular Hbond substituents is 1. The number of aromatic hydroxyl groups is 1. The number of carbonyl (C=O) groups excluding carboxylic acids is 1. The van der Waals surface area contributed by atoms with Gasteiger partial charge in [0.05, 0.1) is 0 Å². The highest BCUT2D eigenvalue weighted by molar-refractivity contribution is 6.11. The summed E-state index contributed by atoms with van der Waals surface area (Å²) in [4.78, 5) is 17.9. The molecule has 3 aromatic carbocycles. The molecular formula is C26H26N2O2. The molecule has 152 valence electrons. The Labute approximate surface area is 177 Å². The van der Waals surface area contributed by atoms with E-state index in [1.54, 1.807) is 36.4 Å². The Morgan fingerprint density at radius 3 is 2.30 bits per heavy atom. The predicted molar refractivity (Wildman–Crippen MR) is 123 cm³/mol. The van der Waals surface area contributed by atoms with Gasteiger partial charge < -0.3 is 14.9 Å². The van der Waals surface area contributed by atoms with E-state index in [-0.39, 0.29) is 11.5 Å². The molecule has 0 spiro atoms. The van der Waals surface area contributed by atoms with Gasteiger partial charge in [0.15, 0.2) is 5.78 Å². The highest BCUT2D eigenvalue weighted by Gasteiger charge is 2.18. The molecule has 1 N–H and O–H groups in total. The van der Waals surface area contributed by atoms with E-state index in [2.05, 4.69) is 29.0 Å². The van der Waals surface area contributed by atoms with Gasteiger partial charge in [0, 0.05) is 37.4 Å². The topological polar surface area (TPSA) is 43.8 Å². The van der Waals surface area contributed by atoms with Crippen molar-refractivity contribution < 1.29 is 9.90 Å². The maximum absolute atomic E-state index is 13.2. The van der Waals surface area contributed by atoms with E-state index in [1.165, 1.54) is 0 Å². The van der Waals surface area contributed by atoms with Gasteiger partial charge in [-0.15, -0.1) is 0 Å². The summed E-state index contributed by atoms with van der Waals surface area (Å²) in [6.45, 7) is 3.95. The van der Waals surface area contributed by atoms with Gasteiger partial charge in [0.2, 0.25) is 0 Å². The molecular weight excluding hydrogens is 372 g/mol. The Morgan fingerprint density at radius 2 is 1.60 bits per heavy atom. The van der Waals surface area contributed by atoms with Crippen molar-refractivity contribution in [2.45, 2.75) is 0 Å². The van der Waals surface area contributed by atoms with E-state index in [1.807, 2.05) is 36.4 Å². The summed E-state index contributed by atoms with van der Waals surface area (Å²) in [5, 5.41) is 9.45.